The smallest absolute Gasteiger partial charge is 0.220 e. The van der Waals surface area contributed by atoms with Crippen molar-refractivity contribution in [1.29, 1.82) is 0 Å². The number of carbonyl (C=O) groups excluding carboxylic acids is 1. The van der Waals surface area contributed by atoms with E-state index < -0.39 is 0 Å². The summed E-state index contributed by atoms with van der Waals surface area (Å²) in [5.41, 5.74) is 0. The molecule has 1 amide bonds. The highest BCUT2D eigenvalue weighted by Crippen LogP contribution is 2.28. The largest absolute Gasteiger partial charge is 0.345 e. The van der Waals surface area contributed by atoms with Gasteiger partial charge in [-0.15, -0.1) is 6.42 Å². The molecule has 1 saturated carbocycles. The summed E-state index contributed by atoms with van der Waals surface area (Å²) in [6, 6.07) is 0. The second kappa shape index (κ2) is 5.64. The Morgan fingerprint density at radius 1 is 1.46 bits per heavy atom. The first-order chi connectivity index (χ1) is 6.33. The molecule has 0 unspecified atom stereocenters. The first kappa shape index (κ1) is 10.1. The van der Waals surface area contributed by atoms with Gasteiger partial charge in [-0.05, 0) is 12.3 Å². The van der Waals surface area contributed by atoms with Crippen LogP contribution in [0, 0.1) is 18.3 Å². The monoisotopic (exact) mass is 179 g/mol. The number of amides is 1. The number of hydrogen-bond acceptors (Lipinski definition) is 1. The van der Waals surface area contributed by atoms with Crippen LogP contribution in [0.1, 0.15) is 38.5 Å². The normalized spacial score (nSPS) is 16.8. The molecule has 1 N–H and O–H groups in total. The quantitative estimate of drug-likeness (QED) is 0.654. The van der Waals surface area contributed by atoms with E-state index in [-0.39, 0.29) is 5.91 Å². The molecule has 0 heterocycles. The number of terminal acetylenes is 1. The third-order valence-corrected chi connectivity index (χ3v) is 2.64. The van der Waals surface area contributed by atoms with Crippen LogP contribution in [0.5, 0.6) is 0 Å². The summed E-state index contributed by atoms with van der Waals surface area (Å²) < 4.78 is 0. The molecule has 13 heavy (non-hydrogen) atoms. The maximum atomic E-state index is 11.2. The van der Waals surface area contributed by atoms with E-state index in [1.165, 1.54) is 25.7 Å². The second-order valence-electron chi connectivity index (χ2n) is 3.67. The van der Waals surface area contributed by atoms with Crippen molar-refractivity contribution in [2.75, 3.05) is 6.54 Å². The molecular weight excluding hydrogens is 162 g/mol. The molecule has 0 spiro atoms. The molecule has 0 aromatic heterocycles. The Kier molecular flexibility index (Phi) is 4.39. The highest BCUT2D eigenvalue weighted by molar-refractivity contribution is 5.76. The van der Waals surface area contributed by atoms with Gasteiger partial charge in [0.05, 0.1) is 6.54 Å². The molecule has 0 aromatic carbocycles. The van der Waals surface area contributed by atoms with Crippen molar-refractivity contribution in [2.45, 2.75) is 38.5 Å². The SMILES string of the molecule is C#CCNC(=O)CCC1CCCC1. The average Bonchev–Trinajstić information content (AvgIpc) is 2.64. The molecule has 1 rings (SSSR count). The van der Waals surface area contributed by atoms with Gasteiger partial charge in [-0.3, -0.25) is 4.79 Å². The zero-order valence-corrected chi connectivity index (χ0v) is 8.01. The van der Waals surface area contributed by atoms with Crippen LogP contribution in [0.2, 0.25) is 0 Å². The molecule has 0 aliphatic heterocycles. The third kappa shape index (κ3) is 3.98. The highest BCUT2D eigenvalue weighted by atomic mass is 16.1. The summed E-state index contributed by atoms with van der Waals surface area (Å²) in [4.78, 5) is 11.2. The summed E-state index contributed by atoms with van der Waals surface area (Å²) in [7, 11) is 0. The Labute approximate surface area is 80.1 Å². The molecule has 2 heteroatoms. The predicted octanol–water partition coefficient (Wildman–Crippen LogP) is 1.71. The molecule has 0 bridgehead atoms. The van der Waals surface area contributed by atoms with E-state index in [1.807, 2.05) is 0 Å². The van der Waals surface area contributed by atoms with Crippen molar-refractivity contribution in [2.24, 2.45) is 5.92 Å². The Hall–Kier alpha value is -0.970. The van der Waals surface area contributed by atoms with Crippen molar-refractivity contribution >= 4 is 5.91 Å². The van der Waals surface area contributed by atoms with Crippen LogP contribution < -0.4 is 5.32 Å². The summed E-state index contributed by atoms with van der Waals surface area (Å²) in [6.45, 7) is 0.365. The molecular formula is C11H17NO. The minimum absolute atomic E-state index is 0.102. The topological polar surface area (TPSA) is 29.1 Å². The van der Waals surface area contributed by atoms with Gasteiger partial charge in [0.25, 0.3) is 0 Å². The van der Waals surface area contributed by atoms with Gasteiger partial charge in [-0.1, -0.05) is 31.6 Å². The van der Waals surface area contributed by atoms with Crippen molar-refractivity contribution in [3.05, 3.63) is 0 Å². The van der Waals surface area contributed by atoms with Crippen LogP contribution in [-0.4, -0.2) is 12.5 Å². The summed E-state index contributed by atoms with van der Waals surface area (Å²) in [5, 5.41) is 2.68. The maximum absolute atomic E-state index is 11.2. The molecule has 0 aromatic rings. The molecule has 0 saturated heterocycles. The van der Waals surface area contributed by atoms with Gasteiger partial charge in [-0.25, -0.2) is 0 Å². The van der Waals surface area contributed by atoms with Crippen molar-refractivity contribution in [3.8, 4) is 12.3 Å². The zero-order chi connectivity index (χ0) is 9.52. The lowest BCUT2D eigenvalue weighted by Gasteiger charge is -2.07. The van der Waals surface area contributed by atoms with Gasteiger partial charge in [0.2, 0.25) is 5.91 Å². The lowest BCUT2D eigenvalue weighted by atomic mass is 10.0. The average molecular weight is 179 g/mol. The summed E-state index contributed by atoms with van der Waals surface area (Å²) in [5.74, 6) is 3.28. The molecule has 0 atom stereocenters. The third-order valence-electron chi connectivity index (χ3n) is 2.64. The Balaban J connectivity index is 2.04. The lowest BCUT2D eigenvalue weighted by Crippen LogP contribution is -2.23. The van der Waals surface area contributed by atoms with Gasteiger partial charge in [0.15, 0.2) is 0 Å². The van der Waals surface area contributed by atoms with Crippen LogP contribution in [0.15, 0.2) is 0 Å². The lowest BCUT2D eigenvalue weighted by molar-refractivity contribution is -0.121. The number of hydrogen-bond donors (Lipinski definition) is 1. The van der Waals surface area contributed by atoms with E-state index in [1.54, 1.807) is 0 Å². The van der Waals surface area contributed by atoms with Crippen LogP contribution >= 0.6 is 0 Å². The van der Waals surface area contributed by atoms with Crippen LogP contribution in [0.3, 0.4) is 0 Å². The van der Waals surface area contributed by atoms with E-state index in [9.17, 15) is 4.79 Å². The Morgan fingerprint density at radius 2 is 2.15 bits per heavy atom. The molecule has 1 aliphatic rings. The first-order valence-corrected chi connectivity index (χ1v) is 5.03. The fourth-order valence-electron chi connectivity index (χ4n) is 1.87. The van der Waals surface area contributed by atoms with Crippen LogP contribution in [-0.2, 0) is 4.79 Å². The fraction of sp³-hybridized carbons (Fsp3) is 0.727. The fourth-order valence-corrected chi connectivity index (χ4v) is 1.87. The Morgan fingerprint density at radius 3 is 2.77 bits per heavy atom. The van der Waals surface area contributed by atoms with E-state index in [0.717, 1.165) is 12.3 Å². The van der Waals surface area contributed by atoms with Gasteiger partial charge < -0.3 is 5.32 Å². The van der Waals surface area contributed by atoms with E-state index in [0.29, 0.717) is 13.0 Å². The van der Waals surface area contributed by atoms with Crippen molar-refractivity contribution < 1.29 is 4.79 Å². The van der Waals surface area contributed by atoms with E-state index in [2.05, 4.69) is 11.2 Å². The van der Waals surface area contributed by atoms with Gasteiger partial charge in [0, 0.05) is 6.42 Å². The number of nitrogens with one attached hydrogen (secondary N) is 1. The predicted molar refractivity (Wildman–Crippen MR) is 53.0 cm³/mol. The number of carbonyl (C=O) groups is 1. The molecule has 0 radical (unpaired) electrons. The zero-order valence-electron chi connectivity index (χ0n) is 8.01. The first-order valence-electron chi connectivity index (χ1n) is 5.03. The van der Waals surface area contributed by atoms with E-state index >= 15 is 0 Å². The van der Waals surface area contributed by atoms with Gasteiger partial charge in [-0.2, -0.15) is 0 Å². The standard InChI is InChI=1S/C11H17NO/c1-2-9-12-11(13)8-7-10-5-3-4-6-10/h1,10H,3-9H2,(H,12,13). The molecule has 1 fully saturated rings. The summed E-state index contributed by atoms with van der Waals surface area (Å²) >= 11 is 0. The molecule has 1 aliphatic carbocycles. The van der Waals surface area contributed by atoms with Gasteiger partial charge >= 0.3 is 0 Å². The van der Waals surface area contributed by atoms with Crippen molar-refractivity contribution in [3.63, 3.8) is 0 Å². The van der Waals surface area contributed by atoms with Crippen LogP contribution in [0.4, 0.5) is 0 Å². The van der Waals surface area contributed by atoms with Gasteiger partial charge in [0.1, 0.15) is 0 Å². The van der Waals surface area contributed by atoms with Crippen LogP contribution in [0.25, 0.3) is 0 Å². The maximum Gasteiger partial charge on any atom is 0.220 e. The minimum Gasteiger partial charge on any atom is -0.345 e. The van der Waals surface area contributed by atoms with E-state index in [4.69, 9.17) is 6.42 Å². The minimum atomic E-state index is 0.102. The number of rotatable bonds is 4. The second-order valence-corrected chi connectivity index (χ2v) is 3.67. The highest BCUT2D eigenvalue weighted by Gasteiger charge is 2.15. The molecule has 2 nitrogen and oxygen atoms in total. The van der Waals surface area contributed by atoms with Crippen molar-refractivity contribution in [1.82, 2.24) is 5.32 Å². The Bertz CT molecular complexity index is 199. The summed E-state index contributed by atoms with van der Waals surface area (Å²) in [6.07, 6.45) is 12.0. The molecule has 72 valence electrons.